The van der Waals surface area contributed by atoms with Crippen molar-refractivity contribution in [3.8, 4) is 5.75 Å². The van der Waals surface area contributed by atoms with Gasteiger partial charge in [0, 0.05) is 43.3 Å². The second-order valence-corrected chi connectivity index (χ2v) is 4.82. The van der Waals surface area contributed by atoms with Crippen LogP contribution in [0.3, 0.4) is 0 Å². The maximum absolute atomic E-state index is 12.2. The van der Waals surface area contributed by atoms with Gasteiger partial charge in [-0.1, -0.05) is 6.07 Å². The summed E-state index contributed by atoms with van der Waals surface area (Å²) < 4.78 is 0. The summed E-state index contributed by atoms with van der Waals surface area (Å²) in [5.74, 6) is 0.340. The fraction of sp³-hybridized carbons (Fsp3) is 0.357. The second kappa shape index (κ2) is 4.93. The van der Waals surface area contributed by atoms with Gasteiger partial charge in [-0.25, -0.2) is 0 Å². The van der Waals surface area contributed by atoms with Crippen LogP contribution in [0.5, 0.6) is 5.75 Å². The van der Waals surface area contributed by atoms with Gasteiger partial charge in [-0.15, -0.1) is 0 Å². The molecule has 3 rings (SSSR count). The number of carbonyl (C=O) groups is 1. The number of aromatic hydroxyl groups is 1. The number of carbonyl (C=O) groups excluding carboxylic acids is 1. The van der Waals surface area contributed by atoms with Crippen molar-refractivity contribution >= 4 is 16.8 Å². The fourth-order valence-corrected chi connectivity index (χ4v) is 2.56. The van der Waals surface area contributed by atoms with Crippen molar-refractivity contribution in [1.29, 1.82) is 0 Å². The van der Waals surface area contributed by atoms with Gasteiger partial charge < -0.3 is 20.3 Å². The molecule has 1 saturated heterocycles. The Bertz CT molecular complexity index is 600. The Morgan fingerprint density at radius 3 is 2.89 bits per heavy atom. The quantitative estimate of drug-likeness (QED) is 0.749. The number of phenolic OH excluding ortho intramolecular Hbond substituents is 1. The van der Waals surface area contributed by atoms with E-state index in [2.05, 4.69) is 10.3 Å². The molecular formula is C14H17N3O2. The highest BCUT2D eigenvalue weighted by Crippen LogP contribution is 2.28. The van der Waals surface area contributed by atoms with E-state index in [1.54, 1.807) is 12.1 Å². The number of benzene rings is 1. The number of hydrogen-bond donors (Lipinski definition) is 3. The molecule has 1 aliphatic rings. The molecule has 1 aliphatic heterocycles. The Labute approximate surface area is 111 Å². The topological polar surface area (TPSA) is 68.4 Å². The highest BCUT2D eigenvalue weighted by molar-refractivity contribution is 5.92. The summed E-state index contributed by atoms with van der Waals surface area (Å²) in [7, 11) is 0. The molecule has 0 saturated carbocycles. The SMILES string of the molecule is O=C(Cc1c[nH]c2cccc(O)c12)N1CCNCC1. The van der Waals surface area contributed by atoms with Crippen molar-refractivity contribution in [2.75, 3.05) is 26.2 Å². The summed E-state index contributed by atoms with van der Waals surface area (Å²) in [6.45, 7) is 3.22. The Balaban J connectivity index is 1.83. The lowest BCUT2D eigenvalue weighted by Crippen LogP contribution is -2.46. The fourth-order valence-electron chi connectivity index (χ4n) is 2.56. The number of amides is 1. The molecule has 0 atom stereocenters. The minimum absolute atomic E-state index is 0.116. The lowest BCUT2D eigenvalue weighted by Gasteiger charge is -2.27. The standard InChI is InChI=1S/C14H17N3O2/c18-12-3-1-2-11-14(12)10(9-16-11)8-13(19)17-6-4-15-5-7-17/h1-3,9,15-16,18H,4-8H2. The minimum atomic E-state index is 0.116. The Hall–Kier alpha value is -2.01. The summed E-state index contributed by atoms with van der Waals surface area (Å²) in [6.07, 6.45) is 2.14. The van der Waals surface area contributed by atoms with Gasteiger partial charge in [0.2, 0.25) is 5.91 Å². The van der Waals surface area contributed by atoms with Crippen LogP contribution in [0.1, 0.15) is 5.56 Å². The van der Waals surface area contributed by atoms with Crippen LogP contribution in [-0.4, -0.2) is 47.1 Å². The minimum Gasteiger partial charge on any atom is -0.507 e. The van der Waals surface area contributed by atoms with Crippen LogP contribution < -0.4 is 5.32 Å². The van der Waals surface area contributed by atoms with E-state index >= 15 is 0 Å². The highest BCUT2D eigenvalue weighted by Gasteiger charge is 2.18. The number of aromatic nitrogens is 1. The van der Waals surface area contributed by atoms with Gasteiger partial charge in [-0.2, -0.15) is 0 Å². The van der Waals surface area contributed by atoms with Crippen LogP contribution in [0.4, 0.5) is 0 Å². The van der Waals surface area contributed by atoms with Gasteiger partial charge in [0.1, 0.15) is 5.75 Å². The molecule has 1 fully saturated rings. The van der Waals surface area contributed by atoms with E-state index in [0.29, 0.717) is 6.42 Å². The number of H-pyrrole nitrogens is 1. The van der Waals surface area contributed by atoms with E-state index in [4.69, 9.17) is 0 Å². The van der Waals surface area contributed by atoms with Gasteiger partial charge in [0.25, 0.3) is 0 Å². The predicted molar refractivity (Wildman–Crippen MR) is 73.1 cm³/mol. The van der Waals surface area contributed by atoms with Gasteiger partial charge in [0.05, 0.1) is 6.42 Å². The highest BCUT2D eigenvalue weighted by atomic mass is 16.3. The number of aromatic amines is 1. The summed E-state index contributed by atoms with van der Waals surface area (Å²) in [4.78, 5) is 17.2. The molecule has 0 bridgehead atoms. The van der Waals surface area contributed by atoms with Crippen LogP contribution in [0.2, 0.25) is 0 Å². The van der Waals surface area contributed by atoms with Crippen LogP contribution >= 0.6 is 0 Å². The predicted octanol–water partition coefficient (Wildman–Crippen LogP) is 0.848. The normalized spacial score (nSPS) is 15.9. The van der Waals surface area contributed by atoms with E-state index in [0.717, 1.165) is 42.6 Å². The molecular weight excluding hydrogens is 242 g/mol. The molecule has 1 aromatic carbocycles. The van der Waals surface area contributed by atoms with Crippen LogP contribution in [0.25, 0.3) is 10.9 Å². The number of rotatable bonds is 2. The maximum Gasteiger partial charge on any atom is 0.227 e. The molecule has 1 amide bonds. The van der Waals surface area contributed by atoms with Gasteiger partial charge in [0.15, 0.2) is 0 Å². The van der Waals surface area contributed by atoms with Crippen LogP contribution in [-0.2, 0) is 11.2 Å². The molecule has 0 aliphatic carbocycles. The smallest absolute Gasteiger partial charge is 0.227 e. The molecule has 2 heterocycles. The molecule has 5 nitrogen and oxygen atoms in total. The van der Waals surface area contributed by atoms with Crippen molar-refractivity contribution in [3.63, 3.8) is 0 Å². The van der Waals surface area contributed by atoms with Crippen molar-refractivity contribution < 1.29 is 9.90 Å². The first kappa shape index (κ1) is 12.0. The zero-order chi connectivity index (χ0) is 13.2. The monoisotopic (exact) mass is 259 g/mol. The number of piperazine rings is 1. The summed E-state index contributed by atoms with van der Waals surface area (Å²) in [5, 5.41) is 13.9. The number of nitrogens with one attached hydrogen (secondary N) is 2. The van der Waals surface area contributed by atoms with E-state index in [-0.39, 0.29) is 11.7 Å². The number of fused-ring (bicyclic) bond motifs is 1. The average molecular weight is 259 g/mol. The molecule has 100 valence electrons. The van der Waals surface area contributed by atoms with Crippen molar-refractivity contribution in [1.82, 2.24) is 15.2 Å². The Morgan fingerprint density at radius 2 is 2.11 bits per heavy atom. The van der Waals surface area contributed by atoms with E-state index < -0.39 is 0 Å². The molecule has 0 unspecified atom stereocenters. The van der Waals surface area contributed by atoms with Crippen LogP contribution in [0, 0.1) is 0 Å². The van der Waals surface area contributed by atoms with Gasteiger partial charge >= 0.3 is 0 Å². The zero-order valence-corrected chi connectivity index (χ0v) is 10.6. The maximum atomic E-state index is 12.2. The molecule has 5 heteroatoms. The number of hydrogen-bond acceptors (Lipinski definition) is 3. The van der Waals surface area contributed by atoms with Crippen LogP contribution in [0.15, 0.2) is 24.4 Å². The largest absolute Gasteiger partial charge is 0.507 e. The zero-order valence-electron chi connectivity index (χ0n) is 10.6. The lowest BCUT2D eigenvalue weighted by molar-refractivity contribution is -0.131. The second-order valence-electron chi connectivity index (χ2n) is 4.82. The summed E-state index contributed by atoms with van der Waals surface area (Å²) in [6, 6.07) is 5.33. The number of nitrogens with zero attached hydrogens (tertiary/aromatic N) is 1. The Kier molecular flexibility index (Phi) is 3.13. The molecule has 3 N–H and O–H groups in total. The molecule has 0 radical (unpaired) electrons. The first-order chi connectivity index (χ1) is 9.25. The van der Waals surface area contributed by atoms with Crippen molar-refractivity contribution in [2.45, 2.75) is 6.42 Å². The van der Waals surface area contributed by atoms with Gasteiger partial charge in [-0.3, -0.25) is 4.79 Å². The third-order valence-electron chi connectivity index (χ3n) is 3.58. The number of phenols is 1. The van der Waals surface area contributed by atoms with E-state index in [1.807, 2.05) is 17.2 Å². The third kappa shape index (κ3) is 2.29. The van der Waals surface area contributed by atoms with Gasteiger partial charge in [-0.05, 0) is 17.7 Å². The third-order valence-corrected chi connectivity index (χ3v) is 3.58. The average Bonchev–Trinajstić information content (AvgIpc) is 2.84. The van der Waals surface area contributed by atoms with Crippen molar-refractivity contribution in [2.24, 2.45) is 0 Å². The summed E-state index contributed by atoms with van der Waals surface area (Å²) >= 11 is 0. The van der Waals surface area contributed by atoms with E-state index in [9.17, 15) is 9.90 Å². The van der Waals surface area contributed by atoms with Crippen molar-refractivity contribution in [3.05, 3.63) is 30.0 Å². The summed E-state index contributed by atoms with van der Waals surface area (Å²) in [5.41, 5.74) is 1.72. The molecule has 19 heavy (non-hydrogen) atoms. The molecule has 0 spiro atoms. The molecule has 2 aromatic rings. The molecule has 1 aromatic heterocycles. The Morgan fingerprint density at radius 1 is 1.32 bits per heavy atom. The first-order valence-electron chi connectivity index (χ1n) is 6.52. The lowest BCUT2D eigenvalue weighted by atomic mass is 10.1. The van der Waals surface area contributed by atoms with E-state index in [1.165, 1.54) is 0 Å². The first-order valence-corrected chi connectivity index (χ1v) is 6.52.